The predicted octanol–water partition coefficient (Wildman–Crippen LogP) is 1.07. The first-order valence-electron chi connectivity index (χ1n) is 8.01. The lowest BCUT2D eigenvalue weighted by molar-refractivity contribution is -0.122. The number of anilines is 2. The number of nitrogens with zero attached hydrogens (tertiary/aromatic N) is 2. The fourth-order valence-corrected chi connectivity index (χ4v) is 2.84. The molecule has 0 radical (unpaired) electrons. The van der Waals surface area contributed by atoms with Crippen LogP contribution in [0.3, 0.4) is 0 Å². The van der Waals surface area contributed by atoms with E-state index in [0.29, 0.717) is 37.7 Å². The fraction of sp³-hybridized carbons (Fsp3) is 0.500. The number of cyclic esters (lactones) is 1. The largest absolute Gasteiger partial charge is 0.442 e. The number of alkyl halides is 1. The van der Waals surface area contributed by atoms with E-state index < -0.39 is 30.6 Å². The summed E-state index contributed by atoms with van der Waals surface area (Å²) in [4.78, 5) is 26.1. The van der Waals surface area contributed by atoms with Crippen LogP contribution in [0, 0.1) is 5.82 Å². The normalized spacial score (nSPS) is 20.6. The summed E-state index contributed by atoms with van der Waals surface area (Å²) >= 11 is 0. The van der Waals surface area contributed by atoms with E-state index in [1.54, 1.807) is 12.1 Å². The Morgan fingerprint density at radius 1 is 1.32 bits per heavy atom. The standard InChI is InChI=1S/C16H19F2N3O4/c17-8-15(22)19-9-12-10-21(16(23)25-12)11-1-2-14(13(18)7-11)20-3-5-24-6-4-20/h1-2,7,12H,3-6,8-10H2,(H,19,22)/t12-/m0/s1. The van der Waals surface area contributed by atoms with Gasteiger partial charge in [0.15, 0.2) is 6.67 Å². The number of rotatable bonds is 5. The Morgan fingerprint density at radius 3 is 2.76 bits per heavy atom. The molecule has 2 heterocycles. The van der Waals surface area contributed by atoms with Gasteiger partial charge < -0.3 is 19.7 Å². The summed E-state index contributed by atoms with van der Waals surface area (Å²) in [7, 11) is 0. The maximum absolute atomic E-state index is 14.5. The quantitative estimate of drug-likeness (QED) is 0.856. The minimum atomic E-state index is -1.13. The number of hydrogen-bond acceptors (Lipinski definition) is 5. The average Bonchev–Trinajstić information content (AvgIpc) is 3.01. The van der Waals surface area contributed by atoms with E-state index in [0.717, 1.165) is 0 Å². The van der Waals surface area contributed by atoms with Gasteiger partial charge in [-0.05, 0) is 18.2 Å². The lowest BCUT2D eigenvalue weighted by atomic mass is 10.2. The summed E-state index contributed by atoms with van der Waals surface area (Å²) in [5, 5.41) is 2.32. The van der Waals surface area contributed by atoms with Gasteiger partial charge >= 0.3 is 6.09 Å². The minimum Gasteiger partial charge on any atom is -0.442 e. The highest BCUT2D eigenvalue weighted by atomic mass is 19.1. The lowest BCUT2D eigenvalue weighted by Gasteiger charge is -2.29. The number of carbonyl (C=O) groups excluding carboxylic acids is 2. The van der Waals surface area contributed by atoms with Crippen LogP contribution < -0.4 is 15.1 Å². The van der Waals surface area contributed by atoms with Crippen molar-refractivity contribution in [2.45, 2.75) is 6.10 Å². The van der Waals surface area contributed by atoms with Gasteiger partial charge in [-0.2, -0.15) is 0 Å². The molecule has 0 aliphatic carbocycles. The molecule has 2 aliphatic heterocycles. The highest BCUT2D eigenvalue weighted by Gasteiger charge is 2.33. The molecule has 2 fully saturated rings. The first-order valence-corrected chi connectivity index (χ1v) is 8.01. The Labute approximate surface area is 143 Å². The van der Waals surface area contributed by atoms with Crippen molar-refractivity contribution in [1.82, 2.24) is 5.32 Å². The van der Waals surface area contributed by atoms with Crippen LogP contribution in [0.5, 0.6) is 0 Å². The molecule has 0 spiro atoms. The van der Waals surface area contributed by atoms with Crippen LogP contribution in [0.4, 0.5) is 25.0 Å². The van der Waals surface area contributed by atoms with E-state index in [2.05, 4.69) is 5.32 Å². The van der Waals surface area contributed by atoms with Crippen LogP contribution in [0.25, 0.3) is 0 Å². The third kappa shape index (κ3) is 3.98. The van der Waals surface area contributed by atoms with Crippen molar-refractivity contribution in [3.8, 4) is 0 Å². The van der Waals surface area contributed by atoms with Crippen molar-refractivity contribution in [3.63, 3.8) is 0 Å². The molecule has 2 saturated heterocycles. The highest BCUT2D eigenvalue weighted by molar-refractivity contribution is 5.90. The Hall–Kier alpha value is -2.42. The van der Waals surface area contributed by atoms with Crippen LogP contribution in [-0.4, -0.2) is 64.2 Å². The molecule has 0 saturated carbocycles. The molecule has 136 valence electrons. The van der Waals surface area contributed by atoms with E-state index in [9.17, 15) is 18.4 Å². The molecule has 0 unspecified atom stereocenters. The van der Waals surface area contributed by atoms with E-state index >= 15 is 0 Å². The first kappa shape index (κ1) is 17.4. The molecule has 2 aliphatic rings. The van der Waals surface area contributed by atoms with Crippen molar-refractivity contribution in [1.29, 1.82) is 0 Å². The van der Waals surface area contributed by atoms with Crippen molar-refractivity contribution in [2.75, 3.05) is 55.9 Å². The van der Waals surface area contributed by atoms with Gasteiger partial charge in [0.1, 0.15) is 11.9 Å². The second-order valence-electron chi connectivity index (χ2n) is 5.79. The van der Waals surface area contributed by atoms with Crippen LogP contribution >= 0.6 is 0 Å². The van der Waals surface area contributed by atoms with Crippen LogP contribution in [0.1, 0.15) is 0 Å². The lowest BCUT2D eigenvalue weighted by Crippen LogP contribution is -2.37. The Morgan fingerprint density at radius 2 is 2.08 bits per heavy atom. The van der Waals surface area contributed by atoms with Gasteiger partial charge in [-0.15, -0.1) is 0 Å². The fourth-order valence-electron chi connectivity index (χ4n) is 2.84. The highest BCUT2D eigenvalue weighted by Crippen LogP contribution is 2.28. The monoisotopic (exact) mass is 355 g/mol. The summed E-state index contributed by atoms with van der Waals surface area (Å²) < 4.78 is 36.9. The zero-order valence-corrected chi connectivity index (χ0v) is 13.5. The summed E-state index contributed by atoms with van der Waals surface area (Å²) in [6.07, 6.45) is -1.23. The van der Waals surface area contributed by atoms with Crippen molar-refractivity contribution < 1.29 is 27.8 Å². The molecular formula is C16H19F2N3O4. The third-order valence-corrected chi connectivity index (χ3v) is 4.12. The smallest absolute Gasteiger partial charge is 0.414 e. The van der Waals surface area contributed by atoms with Gasteiger partial charge in [-0.25, -0.2) is 13.6 Å². The van der Waals surface area contributed by atoms with Gasteiger partial charge in [-0.1, -0.05) is 0 Å². The Bertz CT molecular complexity index is 652. The summed E-state index contributed by atoms with van der Waals surface area (Å²) in [6.45, 7) is 1.36. The molecule has 1 aromatic carbocycles. The number of morpholine rings is 1. The summed E-state index contributed by atoms with van der Waals surface area (Å²) in [6, 6.07) is 4.56. The first-order chi connectivity index (χ1) is 12.1. The minimum absolute atomic E-state index is 0.0132. The molecule has 1 aromatic rings. The van der Waals surface area contributed by atoms with Crippen molar-refractivity contribution >= 4 is 23.4 Å². The number of hydrogen-bond donors (Lipinski definition) is 1. The van der Waals surface area contributed by atoms with Gasteiger partial charge in [0, 0.05) is 13.1 Å². The second-order valence-corrected chi connectivity index (χ2v) is 5.79. The topological polar surface area (TPSA) is 71.1 Å². The summed E-state index contributed by atoms with van der Waals surface area (Å²) in [5.41, 5.74) is 0.838. The van der Waals surface area contributed by atoms with Crippen molar-refractivity contribution in [3.05, 3.63) is 24.0 Å². The molecular weight excluding hydrogens is 336 g/mol. The molecule has 0 bridgehead atoms. The maximum Gasteiger partial charge on any atom is 0.414 e. The number of benzene rings is 1. The number of halogens is 2. The molecule has 25 heavy (non-hydrogen) atoms. The second kappa shape index (κ2) is 7.64. The van der Waals surface area contributed by atoms with Gasteiger partial charge in [0.2, 0.25) is 0 Å². The molecule has 3 rings (SSSR count). The summed E-state index contributed by atoms with van der Waals surface area (Å²) in [5.74, 6) is -1.20. The Kier molecular flexibility index (Phi) is 5.32. The van der Waals surface area contributed by atoms with Gasteiger partial charge in [0.25, 0.3) is 5.91 Å². The zero-order valence-electron chi connectivity index (χ0n) is 13.5. The number of amides is 2. The van der Waals surface area contributed by atoms with Crippen LogP contribution in [-0.2, 0) is 14.3 Å². The molecule has 2 amide bonds. The Balaban J connectivity index is 1.66. The third-order valence-electron chi connectivity index (χ3n) is 4.12. The number of nitrogens with one attached hydrogen (secondary N) is 1. The van der Waals surface area contributed by atoms with E-state index in [1.807, 2.05) is 4.90 Å². The van der Waals surface area contributed by atoms with E-state index in [-0.39, 0.29) is 13.1 Å². The van der Waals surface area contributed by atoms with E-state index in [1.165, 1.54) is 11.0 Å². The van der Waals surface area contributed by atoms with Crippen LogP contribution in [0.2, 0.25) is 0 Å². The molecule has 9 heteroatoms. The predicted molar refractivity (Wildman–Crippen MR) is 86.0 cm³/mol. The number of carbonyl (C=O) groups is 2. The SMILES string of the molecule is O=C(CF)NC[C@H]1CN(c2ccc(N3CCOCC3)c(F)c2)C(=O)O1. The van der Waals surface area contributed by atoms with Crippen molar-refractivity contribution in [2.24, 2.45) is 0 Å². The van der Waals surface area contributed by atoms with E-state index in [4.69, 9.17) is 9.47 Å². The maximum atomic E-state index is 14.5. The van der Waals surface area contributed by atoms with Crippen LogP contribution in [0.15, 0.2) is 18.2 Å². The van der Waals surface area contributed by atoms with Gasteiger partial charge in [-0.3, -0.25) is 9.69 Å². The molecule has 7 nitrogen and oxygen atoms in total. The molecule has 0 aromatic heterocycles. The average molecular weight is 355 g/mol. The molecule has 1 N–H and O–H groups in total. The number of ether oxygens (including phenoxy) is 2. The molecule has 1 atom stereocenters. The van der Waals surface area contributed by atoms with Gasteiger partial charge in [0.05, 0.1) is 37.7 Å². The zero-order chi connectivity index (χ0) is 17.8.